The zero-order valence-corrected chi connectivity index (χ0v) is 18.8. The number of thioether (sulfide) groups is 1. The van der Waals surface area contributed by atoms with Crippen LogP contribution in [0.4, 0.5) is 11.1 Å². The molecule has 0 bridgehead atoms. The van der Waals surface area contributed by atoms with Gasteiger partial charge in [0.2, 0.25) is 17.9 Å². The molecule has 6 N–H and O–H groups in total. The van der Waals surface area contributed by atoms with Gasteiger partial charge in [-0.15, -0.1) is 11.3 Å². The molecule has 3 aromatic rings. The van der Waals surface area contributed by atoms with Crippen molar-refractivity contribution in [3.8, 4) is 11.5 Å². The average Bonchev–Trinajstić information content (AvgIpc) is 3.40. The highest BCUT2D eigenvalue weighted by Crippen LogP contribution is 2.32. The fourth-order valence-electron chi connectivity index (χ4n) is 3.03. The summed E-state index contributed by atoms with van der Waals surface area (Å²) in [6, 6.07) is 7.40. The summed E-state index contributed by atoms with van der Waals surface area (Å²) in [6.07, 6.45) is 1.40. The summed E-state index contributed by atoms with van der Waals surface area (Å²) < 4.78 is 10.7. The molecule has 0 saturated carbocycles. The van der Waals surface area contributed by atoms with Crippen molar-refractivity contribution in [3.05, 3.63) is 57.0 Å². The first-order chi connectivity index (χ1) is 15.5. The normalized spacial score (nSPS) is 12.0. The first-order valence-corrected chi connectivity index (χ1v) is 11.9. The molecule has 2 aromatic heterocycles. The van der Waals surface area contributed by atoms with Gasteiger partial charge in [0, 0.05) is 29.5 Å². The molecule has 1 aliphatic heterocycles. The summed E-state index contributed by atoms with van der Waals surface area (Å²) in [5.41, 5.74) is 13.3. The number of hydrogen-bond donors (Lipinski definition) is 4. The maximum absolute atomic E-state index is 12.0. The number of H-pyrrole nitrogens is 1. The highest BCUT2D eigenvalue weighted by molar-refractivity contribution is 7.98. The summed E-state index contributed by atoms with van der Waals surface area (Å²) in [5, 5.41) is 5.67. The number of thiazole rings is 1. The molecule has 3 heterocycles. The molecule has 0 amide bonds. The van der Waals surface area contributed by atoms with E-state index < -0.39 is 0 Å². The maximum atomic E-state index is 12.0. The smallest absolute Gasteiger partial charge is 0.252 e. The van der Waals surface area contributed by atoms with Crippen LogP contribution in [0.25, 0.3) is 0 Å². The van der Waals surface area contributed by atoms with Crippen LogP contribution in [-0.4, -0.2) is 40.0 Å². The maximum Gasteiger partial charge on any atom is 0.252 e. The van der Waals surface area contributed by atoms with Crippen LogP contribution >= 0.6 is 23.1 Å². The van der Waals surface area contributed by atoms with Crippen LogP contribution in [0.2, 0.25) is 0 Å². The van der Waals surface area contributed by atoms with E-state index in [1.807, 2.05) is 23.6 Å². The first-order valence-electron chi connectivity index (χ1n) is 9.89. The van der Waals surface area contributed by atoms with Gasteiger partial charge in [0.05, 0.1) is 11.4 Å². The second-order valence-electron chi connectivity index (χ2n) is 6.91. The van der Waals surface area contributed by atoms with Crippen molar-refractivity contribution in [1.29, 1.82) is 0 Å². The molecule has 1 aliphatic rings. The minimum Gasteiger partial charge on any atom is -0.454 e. The zero-order valence-electron chi connectivity index (χ0n) is 17.2. The molecule has 0 fully saturated rings. The second kappa shape index (κ2) is 10.4. The van der Waals surface area contributed by atoms with Crippen molar-refractivity contribution in [2.45, 2.75) is 18.6 Å². The molecular weight excluding hydrogens is 450 g/mol. The Hall–Kier alpha value is -3.25. The van der Waals surface area contributed by atoms with Crippen LogP contribution in [0.5, 0.6) is 11.5 Å². The predicted molar refractivity (Wildman–Crippen MR) is 127 cm³/mol. The molecule has 1 aromatic carbocycles. The van der Waals surface area contributed by atoms with Crippen LogP contribution in [0.3, 0.4) is 0 Å². The van der Waals surface area contributed by atoms with Crippen LogP contribution in [0, 0.1) is 0 Å². The third-order valence-electron chi connectivity index (χ3n) is 4.45. The van der Waals surface area contributed by atoms with E-state index in [9.17, 15) is 4.79 Å². The third-order valence-corrected chi connectivity index (χ3v) is 6.23. The number of nitrogens with one attached hydrogen (secondary N) is 2. The lowest BCUT2D eigenvalue weighted by Crippen LogP contribution is -2.21. The highest BCUT2D eigenvalue weighted by atomic mass is 32.2. The lowest BCUT2D eigenvalue weighted by atomic mass is 10.1. The Balaban J connectivity index is 1.23. The van der Waals surface area contributed by atoms with Gasteiger partial charge in [0.25, 0.3) is 5.56 Å². The Morgan fingerprint density at radius 2 is 2.06 bits per heavy atom. The fraction of sp³-hybridized carbons (Fsp3) is 0.300. The number of aliphatic imine (C=N–C) groups is 1. The first kappa shape index (κ1) is 22.0. The van der Waals surface area contributed by atoms with E-state index in [1.165, 1.54) is 17.4 Å². The summed E-state index contributed by atoms with van der Waals surface area (Å²) in [4.78, 5) is 27.6. The Bertz CT molecular complexity index is 1160. The van der Waals surface area contributed by atoms with Gasteiger partial charge in [-0.3, -0.25) is 9.78 Å². The number of nitrogens with zero attached hydrogens (tertiary/aromatic N) is 3. The number of anilines is 1. The fourth-order valence-corrected chi connectivity index (χ4v) is 4.59. The SMILES string of the molecule is NC(N)=Nc1nc(CSCCNc2nc(CCc3ccc4c(c3)OCO4)cc(=O)[nH]2)cs1. The molecule has 0 unspecified atom stereocenters. The lowest BCUT2D eigenvalue weighted by Gasteiger charge is -2.07. The monoisotopic (exact) mass is 473 g/mol. The third kappa shape index (κ3) is 6.14. The van der Waals surface area contributed by atoms with E-state index in [2.05, 4.69) is 25.3 Å². The van der Waals surface area contributed by atoms with Crippen molar-refractivity contribution in [3.63, 3.8) is 0 Å². The van der Waals surface area contributed by atoms with Crippen LogP contribution in [0.1, 0.15) is 17.0 Å². The number of aryl methyl sites for hydroxylation is 2. The summed E-state index contributed by atoms with van der Waals surface area (Å²) in [7, 11) is 0. The molecule has 0 radical (unpaired) electrons. The zero-order chi connectivity index (χ0) is 22.3. The molecular formula is C20H23N7O3S2. The number of guanidine groups is 1. The van der Waals surface area contributed by atoms with Gasteiger partial charge in [-0.25, -0.2) is 9.97 Å². The number of hydrogen-bond acceptors (Lipinski definition) is 9. The van der Waals surface area contributed by atoms with Crippen LogP contribution in [-0.2, 0) is 18.6 Å². The Morgan fingerprint density at radius 1 is 1.19 bits per heavy atom. The Kier molecular flexibility index (Phi) is 7.12. The van der Waals surface area contributed by atoms with Crippen molar-refractivity contribution < 1.29 is 9.47 Å². The molecule has 4 rings (SSSR count). The minimum atomic E-state index is -0.175. The topological polar surface area (TPSA) is 154 Å². The van der Waals surface area contributed by atoms with Crippen molar-refractivity contribution in [1.82, 2.24) is 15.0 Å². The molecule has 12 heteroatoms. The second-order valence-corrected chi connectivity index (χ2v) is 8.85. The molecule has 10 nitrogen and oxygen atoms in total. The Morgan fingerprint density at radius 3 is 2.94 bits per heavy atom. The van der Waals surface area contributed by atoms with Crippen molar-refractivity contribution in [2.24, 2.45) is 16.5 Å². The number of rotatable bonds is 10. The molecule has 0 saturated heterocycles. The molecule has 168 valence electrons. The number of ether oxygens (including phenoxy) is 2. The molecule has 0 spiro atoms. The van der Waals surface area contributed by atoms with Gasteiger partial charge in [-0.2, -0.15) is 16.8 Å². The Labute approximate surface area is 192 Å². The van der Waals surface area contributed by atoms with Crippen molar-refractivity contribution in [2.75, 3.05) is 24.4 Å². The standard InChI is InChI=1S/C20H23N7O3S2/c21-18(22)27-20-25-14(10-32-20)9-31-6-5-23-19-24-13(8-17(28)26-19)3-1-12-2-4-15-16(7-12)30-11-29-15/h2,4,7-8,10H,1,3,5-6,9,11H2,(H4,21,22,25,27)(H2,23,24,26,28). The molecule has 0 atom stereocenters. The molecule has 32 heavy (non-hydrogen) atoms. The lowest BCUT2D eigenvalue weighted by molar-refractivity contribution is 0.174. The summed E-state index contributed by atoms with van der Waals surface area (Å²) in [6.45, 7) is 0.911. The van der Waals surface area contributed by atoms with Gasteiger partial charge in [0.1, 0.15) is 0 Å². The predicted octanol–water partition coefficient (Wildman–Crippen LogP) is 1.99. The largest absolute Gasteiger partial charge is 0.454 e. The van der Waals surface area contributed by atoms with Crippen LogP contribution in [0.15, 0.2) is 39.4 Å². The van der Waals surface area contributed by atoms with E-state index in [4.69, 9.17) is 20.9 Å². The van der Waals surface area contributed by atoms with Gasteiger partial charge in [-0.1, -0.05) is 6.07 Å². The average molecular weight is 474 g/mol. The van der Waals surface area contributed by atoms with Gasteiger partial charge < -0.3 is 26.3 Å². The van der Waals surface area contributed by atoms with E-state index >= 15 is 0 Å². The number of benzene rings is 1. The van der Waals surface area contributed by atoms with Gasteiger partial charge in [0.15, 0.2) is 17.5 Å². The summed E-state index contributed by atoms with van der Waals surface area (Å²) >= 11 is 3.11. The van der Waals surface area contributed by atoms with E-state index in [0.717, 1.165) is 46.4 Å². The number of nitrogens with two attached hydrogens (primary N) is 2. The minimum absolute atomic E-state index is 0.00219. The van der Waals surface area contributed by atoms with E-state index in [1.54, 1.807) is 11.8 Å². The number of aromatic amines is 1. The van der Waals surface area contributed by atoms with Gasteiger partial charge >= 0.3 is 0 Å². The number of aromatic nitrogens is 3. The van der Waals surface area contributed by atoms with Crippen LogP contribution < -0.4 is 31.8 Å². The quantitative estimate of drug-likeness (QED) is 0.197. The van der Waals surface area contributed by atoms with E-state index in [-0.39, 0.29) is 18.3 Å². The van der Waals surface area contributed by atoms with Crippen molar-refractivity contribution >= 4 is 40.1 Å². The number of fused-ring (bicyclic) bond motifs is 1. The highest BCUT2D eigenvalue weighted by Gasteiger charge is 2.13. The van der Waals surface area contributed by atoms with Gasteiger partial charge in [-0.05, 0) is 30.5 Å². The molecule has 0 aliphatic carbocycles. The summed E-state index contributed by atoms with van der Waals surface area (Å²) in [5.74, 6) is 3.56. The van der Waals surface area contributed by atoms with E-state index in [0.29, 0.717) is 24.0 Å².